The molecule has 4 atom stereocenters. The van der Waals surface area contributed by atoms with Gasteiger partial charge in [0.05, 0.1) is 0 Å². The molecule has 2 aliphatic carbocycles. The average molecular weight is 278 g/mol. The summed E-state index contributed by atoms with van der Waals surface area (Å²) in [6, 6.07) is 2.38. The first-order valence-corrected chi connectivity index (χ1v) is 9.25. The summed E-state index contributed by atoms with van der Waals surface area (Å²) >= 11 is 0. The Hall–Kier alpha value is -0.0800. The molecule has 0 amide bonds. The molecule has 4 unspecified atom stereocenters. The zero-order valence-electron chi connectivity index (χ0n) is 13.6. The van der Waals surface area contributed by atoms with Gasteiger partial charge in [-0.05, 0) is 44.4 Å². The summed E-state index contributed by atoms with van der Waals surface area (Å²) in [5, 5.41) is 3.88. The Morgan fingerprint density at radius 3 is 2.30 bits per heavy atom. The van der Waals surface area contributed by atoms with Crippen molar-refractivity contribution in [1.82, 2.24) is 10.2 Å². The SMILES string of the molecule is CC1CCCCC1N1CC(C2CCCCC2)NCC1C. The largest absolute Gasteiger partial charge is 0.311 e. The molecule has 0 aromatic heterocycles. The van der Waals surface area contributed by atoms with Crippen molar-refractivity contribution in [2.24, 2.45) is 11.8 Å². The standard InChI is InChI=1S/C18H34N2/c1-14-8-6-7-11-18(14)20-13-17(19-12-15(20)2)16-9-4-3-5-10-16/h14-19H,3-13H2,1-2H3. The lowest BCUT2D eigenvalue weighted by molar-refractivity contribution is 0.0271. The summed E-state index contributed by atoms with van der Waals surface area (Å²) < 4.78 is 0. The Balaban J connectivity index is 1.63. The maximum absolute atomic E-state index is 3.88. The molecule has 1 N–H and O–H groups in total. The monoisotopic (exact) mass is 278 g/mol. The minimum atomic E-state index is 0.736. The van der Waals surface area contributed by atoms with Crippen LogP contribution >= 0.6 is 0 Å². The van der Waals surface area contributed by atoms with Gasteiger partial charge >= 0.3 is 0 Å². The molecule has 0 bridgehead atoms. The molecule has 0 radical (unpaired) electrons. The highest BCUT2D eigenvalue weighted by Gasteiger charge is 2.36. The third kappa shape index (κ3) is 3.22. The third-order valence-corrected chi connectivity index (χ3v) is 6.36. The molecule has 2 nitrogen and oxygen atoms in total. The minimum Gasteiger partial charge on any atom is -0.311 e. The molecule has 1 saturated heterocycles. The highest BCUT2D eigenvalue weighted by atomic mass is 15.3. The number of hydrogen-bond acceptors (Lipinski definition) is 2. The molecule has 0 aromatic carbocycles. The van der Waals surface area contributed by atoms with Crippen LogP contribution in [0.2, 0.25) is 0 Å². The maximum Gasteiger partial charge on any atom is 0.0224 e. The van der Waals surface area contributed by atoms with E-state index in [1.807, 2.05) is 0 Å². The van der Waals surface area contributed by atoms with Gasteiger partial charge in [0.1, 0.15) is 0 Å². The molecule has 1 aliphatic heterocycles. The molecule has 3 rings (SSSR count). The zero-order valence-corrected chi connectivity index (χ0v) is 13.6. The summed E-state index contributed by atoms with van der Waals surface area (Å²) in [7, 11) is 0. The molecule has 1 heterocycles. The maximum atomic E-state index is 3.88. The Morgan fingerprint density at radius 1 is 0.850 bits per heavy atom. The van der Waals surface area contributed by atoms with Crippen LogP contribution in [0.1, 0.15) is 71.6 Å². The van der Waals surface area contributed by atoms with Crippen LogP contribution in [-0.4, -0.2) is 36.1 Å². The highest BCUT2D eigenvalue weighted by Crippen LogP contribution is 2.33. The topological polar surface area (TPSA) is 15.3 Å². The molecule has 20 heavy (non-hydrogen) atoms. The van der Waals surface area contributed by atoms with E-state index in [9.17, 15) is 0 Å². The van der Waals surface area contributed by atoms with Crippen LogP contribution in [-0.2, 0) is 0 Å². The van der Waals surface area contributed by atoms with Crippen molar-refractivity contribution in [3.63, 3.8) is 0 Å². The van der Waals surface area contributed by atoms with Crippen LogP contribution in [0.5, 0.6) is 0 Å². The second-order valence-corrected chi connectivity index (χ2v) is 7.79. The van der Waals surface area contributed by atoms with E-state index in [0.29, 0.717) is 0 Å². The summed E-state index contributed by atoms with van der Waals surface area (Å²) in [4.78, 5) is 2.89. The van der Waals surface area contributed by atoms with Gasteiger partial charge in [0.25, 0.3) is 0 Å². The highest BCUT2D eigenvalue weighted by molar-refractivity contribution is 4.93. The molecule has 0 spiro atoms. The van der Waals surface area contributed by atoms with E-state index < -0.39 is 0 Å². The van der Waals surface area contributed by atoms with Gasteiger partial charge in [0.2, 0.25) is 0 Å². The molecule has 2 saturated carbocycles. The van der Waals surface area contributed by atoms with Crippen LogP contribution in [0.3, 0.4) is 0 Å². The van der Waals surface area contributed by atoms with E-state index in [1.54, 1.807) is 0 Å². The lowest BCUT2D eigenvalue weighted by Crippen LogP contribution is -2.61. The van der Waals surface area contributed by atoms with Crippen molar-refractivity contribution in [2.75, 3.05) is 13.1 Å². The van der Waals surface area contributed by atoms with Gasteiger partial charge in [-0.3, -0.25) is 4.90 Å². The minimum absolute atomic E-state index is 0.736. The number of piperazine rings is 1. The van der Waals surface area contributed by atoms with Crippen LogP contribution in [0.4, 0.5) is 0 Å². The quantitative estimate of drug-likeness (QED) is 0.826. The summed E-state index contributed by atoms with van der Waals surface area (Å²) in [6.45, 7) is 7.46. The van der Waals surface area contributed by atoms with Gasteiger partial charge in [0, 0.05) is 31.2 Å². The molecule has 2 heteroatoms. The lowest BCUT2D eigenvalue weighted by Gasteiger charge is -2.49. The van der Waals surface area contributed by atoms with Crippen molar-refractivity contribution in [3.8, 4) is 0 Å². The fourth-order valence-electron chi connectivity index (χ4n) is 5.01. The van der Waals surface area contributed by atoms with Gasteiger partial charge in [-0.2, -0.15) is 0 Å². The Bertz CT molecular complexity index is 298. The Kier molecular flexibility index (Phi) is 5.04. The van der Waals surface area contributed by atoms with Crippen LogP contribution < -0.4 is 5.32 Å². The second-order valence-electron chi connectivity index (χ2n) is 7.79. The first kappa shape index (κ1) is 14.8. The second kappa shape index (κ2) is 6.79. The van der Waals surface area contributed by atoms with Crippen molar-refractivity contribution >= 4 is 0 Å². The number of nitrogens with one attached hydrogen (secondary N) is 1. The lowest BCUT2D eigenvalue weighted by atomic mass is 9.80. The van der Waals surface area contributed by atoms with E-state index in [4.69, 9.17) is 0 Å². The van der Waals surface area contributed by atoms with Crippen molar-refractivity contribution in [2.45, 2.75) is 89.8 Å². The van der Waals surface area contributed by atoms with Gasteiger partial charge in [-0.15, -0.1) is 0 Å². The normalized spacial score (nSPS) is 41.7. The number of hydrogen-bond donors (Lipinski definition) is 1. The first-order chi connectivity index (χ1) is 9.75. The van der Waals surface area contributed by atoms with E-state index in [1.165, 1.54) is 70.9 Å². The summed E-state index contributed by atoms with van der Waals surface area (Å²) in [5.41, 5.74) is 0. The average Bonchev–Trinajstić information content (AvgIpc) is 2.49. The smallest absolute Gasteiger partial charge is 0.0224 e. The van der Waals surface area contributed by atoms with Gasteiger partial charge in [0.15, 0.2) is 0 Å². The van der Waals surface area contributed by atoms with Gasteiger partial charge in [-0.25, -0.2) is 0 Å². The molecule has 116 valence electrons. The van der Waals surface area contributed by atoms with Crippen molar-refractivity contribution < 1.29 is 0 Å². The van der Waals surface area contributed by atoms with Gasteiger partial charge < -0.3 is 5.32 Å². The van der Waals surface area contributed by atoms with E-state index in [-0.39, 0.29) is 0 Å². The Labute approximate surface area is 125 Å². The Morgan fingerprint density at radius 2 is 1.55 bits per heavy atom. The van der Waals surface area contributed by atoms with Crippen LogP contribution in [0, 0.1) is 11.8 Å². The molecular weight excluding hydrogens is 244 g/mol. The number of rotatable bonds is 2. The van der Waals surface area contributed by atoms with Gasteiger partial charge in [-0.1, -0.05) is 39.0 Å². The van der Waals surface area contributed by atoms with E-state index >= 15 is 0 Å². The van der Waals surface area contributed by atoms with Crippen LogP contribution in [0.15, 0.2) is 0 Å². The first-order valence-electron chi connectivity index (χ1n) is 9.25. The third-order valence-electron chi connectivity index (χ3n) is 6.36. The molecule has 3 aliphatic rings. The van der Waals surface area contributed by atoms with E-state index in [2.05, 4.69) is 24.1 Å². The summed E-state index contributed by atoms with van der Waals surface area (Å²) in [6.07, 6.45) is 13.2. The predicted octanol–water partition coefficient (Wildman–Crippen LogP) is 3.81. The summed E-state index contributed by atoms with van der Waals surface area (Å²) in [5.74, 6) is 1.87. The van der Waals surface area contributed by atoms with Crippen molar-refractivity contribution in [1.29, 1.82) is 0 Å². The van der Waals surface area contributed by atoms with Crippen LogP contribution in [0.25, 0.3) is 0 Å². The molecule has 3 fully saturated rings. The number of nitrogens with zero attached hydrogens (tertiary/aromatic N) is 1. The molecule has 0 aromatic rings. The van der Waals surface area contributed by atoms with Crippen molar-refractivity contribution in [3.05, 3.63) is 0 Å². The fourth-order valence-corrected chi connectivity index (χ4v) is 5.01. The predicted molar refractivity (Wildman–Crippen MR) is 86.0 cm³/mol. The molecular formula is C18H34N2. The van der Waals surface area contributed by atoms with E-state index in [0.717, 1.165) is 30.0 Å². The zero-order chi connectivity index (χ0) is 13.9. The fraction of sp³-hybridized carbons (Fsp3) is 1.00.